The number of aromatic nitrogens is 4. The van der Waals surface area contributed by atoms with Crippen LogP contribution in [0.1, 0.15) is 5.56 Å². The summed E-state index contributed by atoms with van der Waals surface area (Å²) in [5.41, 5.74) is -1.09. The normalized spacial score (nSPS) is 11.4. The summed E-state index contributed by atoms with van der Waals surface area (Å²) in [7, 11) is 1.31. The number of hydrogen-bond acceptors (Lipinski definition) is 5. The highest BCUT2D eigenvalue weighted by Gasteiger charge is 2.34. The molecule has 2 heterocycles. The first-order valence-electron chi connectivity index (χ1n) is 4.95. The van der Waals surface area contributed by atoms with Gasteiger partial charge in [-0.3, -0.25) is 9.97 Å². The minimum atomic E-state index is -4.52. The van der Waals surface area contributed by atoms with Gasteiger partial charge >= 0.3 is 6.18 Å². The first-order chi connectivity index (χ1) is 8.91. The van der Waals surface area contributed by atoms with Crippen molar-refractivity contribution < 1.29 is 17.9 Å². The van der Waals surface area contributed by atoms with Gasteiger partial charge < -0.3 is 4.74 Å². The second kappa shape index (κ2) is 4.92. The molecule has 0 bridgehead atoms. The van der Waals surface area contributed by atoms with Crippen LogP contribution >= 0.6 is 12.2 Å². The third kappa shape index (κ3) is 2.87. The maximum Gasteiger partial charge on any atom is 0.417 e. The summed E-state index contributed by atoms with van der Waals surface area (Å²) >= 11 is 4.77. The molecule has 1 N–H and O–H groups in total. The standard InChI is InChI=1S/C10H7F3N4OS/c1-18-8-15-7(16-9(19)17-8)5-4-14-3-2-6(5)10(11,12)13/h2-4H,1H3,(H,15,16,17,19). The molecular formula is C10H7F3N4OS. The van der Waals surface area contributed by atoms with Crippen LogP contribution in [0.15, 0.2) is 18.5 Å². The van der Waals surface area contributed by atoms with Crippen LogP contribution < -0.4 is 4.74 Å². The number of hydrogen-bond donors (Lipinski definition) is 1. The summed E-state index contributed by atoms with van der Waals surface area (Å²) in [6.07, 6.45) is -2.42. The first-order valence-corrected chi connectivity index (χ1v) is 5.36. The van der Waals surface area contributed by atoms with Gasteiger partial charge in [0.1, 0.15) is 5.82 Å². The van der Waals surface area contributed by atoms with Crippen LogP contribution in [-0.4, -0.2) is 27.0 Å². The molecule has 0 aliphatic carbocycles. The summed E-state index contributed by atoms with van der Waals surface area (Å²) in [6.45, 7) is 0. The number of methoxy groups -OCH3 is 1. The number of nitrogens with zero attached hydrogens (tertiary/aromatic N) is 3. The number of rotatable bonds is 2. The SMILES string of the molecule is COc1nc(=S)nc(-c2cnccc2C(F)(F)F)[nH]1. The van der Waals surface area contributed by atoms with Crippen LogP contribution in [0.4, 0.5) is 13.2 Å². The van der Waals surface area contributed by atoms with E-state index in [2.05, 4.69) is 19.9 Å². The quantitative estimate of drug-likeness (QED) is 0.861. The number of ether oxygens (including phenoxy) is 1. The Hall–Kier alpha value is -2.03. The monoisotopic (exact) mass is 288 g/mol. The summed E-state index contributed by atoms with van der Waals surface area (Å²) in [5.74, 6) is -0.0997. The molecule has 100 valence electrons. The van der Waals surface area contributed by atoms with Crippen molar-refractivity contribution in [1.29, 1.82) is 0 Å². The molecule has 5 nitrogen and oxygen atoms in total. The van der Waals surface area contributed by atoms with Gasteiger partial charge in [0, 0.05) is 18.0 Å². The second-order valence-electron chi connectivity index (χ2n) is 3.41. The highest BCUT2D eigenvalue weighted by molar-refractivity contribution is 7.71. The van der Waals surface area contributed by atoms with Gasteiger partial charge in [0.25, 0.3) is 6.01 Å². The molecule has 9 heteroatoms. The van der Waals surface area contributed by atoms with Crippen LogP contribution in [0.3, 0.4) is 0 Å². The molecule has 0 aromatic carbocycles. The van der Waals surface area contributed by atoms with E-state index in [9.17, 15) is 13.2 Å². The molecule has 0 spiro atoms. The fraction of sp³-hybridized carbons (Fsp3) is 0.200. The lowest BCUT2D eigenvalue weighted by atomic mass is 10.1. The van der Waals surface area contributed by atoms with Crippen LogP contribution in [-0.2, 0) is 6.18 Å². The Labute approximate surface area is 110 Å². The molecule has 2 aromatic heterocycles. The molecule has 19 heavy (non-hydrogen) atoms. The summed E-state index contributed by atoms with van der Waals surface area (Å²) < 4.78 is 43.3. The van der Waals surface area contributed by atoms with Gasteiger partial charge in [0.05, 0.1) is 12.7 Å². The predicted octanol–water partition coefficient (Wildman–Crippen LogP) is 2.62. The Bertz CT molecular complexity index is 656. The molecule has 2 aromatic rings. The minimum Gasteiger partial charge on any atom is -0.468 e. The Balaban J connectivity index is 2.66. The number of halogens is 3. The van der Waals surface area contributed by atoms with Gasteiger partial charge in [-0.05, 0) is 18.3 Å². The molecule has 0 fully saturated rings. The number of alkyl halides is 3. The van der Waals surface area contributed by atoms with Gasteiger partial charge in [0.2, 0.25) is 4.77 Å². The zero-order chi connectivity index (χ0) is 14.0. The van der Waals surface area contributed by atoms with E-state index in [1.54, 1.807) is 0 Å². The smallest absolute Gasteiger partial charge is 0.417 e. The lowest BCUT2D eigenvalue weighted by Crippen LogP contribution is -2.09. The summed E-state index contributed by atoms with van der Waals surface area (Å²) in [5, 5.41) is 0. The zero-order valence-electron chi connectivity index (χ0n) is 9.52. The topological polar surface area (TPSA) is 63.7 Å². The van der Waals surface area contributed by atoms with E-state index in [1.807, 2.05) is 0 Å². The largest absolute Gasteiger partial charge is 0.468 e. The van der Waals surface area contributed by atoms with Crippen LogP contribution in [0.2, 0.25) is 0 Å². The van der Waals surface area contributed by atoms with E-state index in [0.717, 1.165) is 18.5 Å². The van der Waals surface area contributed by atoms with Crippen molar-refractivity contribution in [1.82, 2.24) is 19.9 Å². The maximum absolute atomic E-state index is 12.9. The molecule has 2 rings (SSSR count). The van der Waals surface area contributed by atoms with Crippen LogP contribution in [0.5, 0.6) is 6.01 Å². The fourth-order valence-electron chi connectivity index (χ4n) is 1.42. The lowest BCUT2D eigenvalue weighted by Gasteiger charge is -2.11. The number of pyridine rings is 1. The van der Waals surface area contributed by atoms with Crippen molar-refractivity contribution in [2.75, 3.05) is 7.11 Å². The number of H-pyrrole nitrogens is 1. The van der Waals surface area contributed by atoms with Crippen LogP contribution in [0, 0.1) is 4.77 Å². The Morgan fingerprint density at radius 3 is 2.68 bits per heavy atom. The lowest BCUT2D eigenvalue weighted by molar-refractivity contribution is -0.137. The highest BCUT2D eigenvalue weighted by Crippen LogP contribution is 2.35. The highest BCUT2D eigenvalue weighted by atomic mass is 32.1. The van der Waals surface area contributed by atoms with Gasteiger partial charge in [0.15, 0.2) is 0 Å². The maximum atomic E-state index is 12.9. The van der Waals surface area contributed by atoms with E-state index in [1.165, 1.54) is 7.11 Å². The molecule has 0 amide bonds. The van der Waals surface area contributed by atoms with Crippen molar-refractivity contribution >= 4 is 12.2 Å². The Kier molecular flexibility index (Phi) is 3.47. The van der Waals surface area contributed by atoms with Gasteiger partial charge in [-0.15, -0.1) is 0 Å². The summed E-state index contributed by atoms with van der Waals surface area (Å²) in [4.78, 5) is 13.6. The molecule has 0 saturated heterocycles. The summed E-state index contributed by atoms with van der Waals surface area (Å²) in [6, 6.07) is 0.841. The molecule has 0 unspecified atom stereocenters. The van der Waals surface area contributed by atoms with Gasteiger partial charge in [-0.1, -0.05) is 0 Å². The van der Waals surface area contributed by atoms with E-state index in [0.29, 0.717) is 0 Å². The Morgan fingerprint density at radius 2 is 2.05 bits per heavy atom. The molecule has 0 atom stereocenters. The van der Waals surface area contributed by atoms with Crippen molar-refractivity contribution in [2.24, 2.45) is 0 Å². The van der Waals surface area contributed by atoms with E-state index >= 15 is 0 Å². The second-order valence-corrected chi connectivity index (χ2v) is 3.77. The average Bonchev–Trinajstić information content (AvgIpc) is 2.37. The zero-order valence-corrected chi connectivity index (χ0v) is 10.3. The average molecular weight is 288 g/mol. The third-order valence-electron chi connectivity index (χ3n) is 2.20. The molecule has 0 aliphatic heterocycles. The molecule has 0 radical (unpaired) electrons. The molecular weight excluding hydrogens is 281 g/mol. The fourth-order valence-corrected chi connectivity index (χ4v) is 1.59. The van der Waals surface area contributed by atoms with Crippen LogP contribution in [0.25, 0.3) is 11.4 Å². The number of nitrogens with one attached hydrogen (secondary N) is 1. The Morgan fingerprint density at radius 1 is 1.32 bits per heavy atom. The van der Waals surface area contributed by atoms with Crippen molar-refractivity contribution in [3.05, 3.63) is 28.8 Å². The first kappa shape index (κ1) is 13.4. The van der Waals surface area contributed by atoms with Crippen molar-refractivity contribution in [2.45, 2.75) is 6.18 Å². The van der Waals surface area contributed by atoms with Gasteiger partial charge in [-0.2, -0.15) is 18.2 Å². The third-order valence-corrected chi connectivity index (χ3v) is 2.39. The number of aromatic amines is 1. The molecule has 0 aliphatic rings. The van der Waals surface area contributed by atoms with E-state index in [4.69, 9.17) is 17.0 Å². The van der Waals surface area contributed by atoms with Crippen molar-refractivity contribution in [3.8, 4) is 17.4 Å². The van der Waals surface area contributed by atoms with Gasteiger partial charge in [-0.25, -0.2) is 4.98 Å². The van der Waals surface area contributed by atoms with E-state index in [-0.39, 0.29) is 22.2 Å². The van der Waals surface area contributed by atoms with Crippen molar-refractivity contribution in [3.63, 3.8) is 0 Å². The van der Waals surface area contributed by atoms with E-state index < -0.39 is 11.7 Å². The minimum absolute atomic E-state index is 0.0213. The predicted molar refractivity (Wildman–Crippen MR) is 62.0 cm³/mol. The molecule has 0 saturated carbocycles.